The lowest BCUT2D eigenvalue weighted by atomic mass is 10.2. The minimum atomic E-state index is -0.471. The lowest BCUT2D eigenvalue weighted by Crippen LogP contribution is -1.89. The highest BCUT2D eigenvalue weighted by molar-refractivity contribution is 5.67. The van der Waals surface area contributed by atoms with Crippen molar-refractivity contribution >= 4 is 17.8 Å². The second-order valence-corrected chi connectivity index (χ2v) is 3.32. The Morgan fingerprint density at radius 2 is 2.06 bits per heavy atom. The number of nitro groups is 1. The average molecular weight is 227 g/mol. The summed E-state index contributed by atoms with van der Waals surface area (Å²) >= 11 is 0. The zero-order valence-corrected chi connectivity index (χ0v) is 8.85. The van der Waals surface area contributed by atoms with Crippen molar-refractivity contribution in [3.63, 3.8) is 0 Å². The van der Waals surface area contributed by atoms with Gasteiger partial charge in [0.2, 0.25) is 0 Å². The van der Waals surface area contributed by atoms with E-state index in [0.29, 0.717) is 5.69 Å². The molecule has 0 aliphatic rings. The molecule has 0 spiro atoms. The molecule has 0 aliphatic heterocycles. The lowest BCUT2D eigenvalue weighted by Gasteiger charge is -1.93. The Balaban J connectivity index is 2.14. The van der Waals surface area contributed by atoms with Gasteiger partial charge in [-0.2, -0.15) is 0 Å². The van der Waals surface area contributed by atoms with Crippen molar-refractivity contribution < 1.29 is 4.92 Å². The average Bonchev–Trinajstić information content (AvgIpc) is 2.38. The van der Waals surface area contributed by atoms with Crippen molar-refractivity contribution in [2.45, 2.75) is 0 Å². The molecule has 5 nitrogen and oxygen atoms in total. The van der Waals surface area contributed by atoms with Crippen molar-refractivity contribution in [3.05, 3.63) is 64.2 Å². The van der Waals surface area contributed by atoms with Crippen LogP contribution in [0.3, 0.4) is 0 Å². The first-order valence-electron chi connectivity index (χ1n) is 4.94. The first-order valence-corrected chi connectivity index (χ1v) is 4.94. The van der Waals surface area contributed by atoms with Crippen LogP contribution < -0.4 is 0 Å². The fraction of sp³-hybridized carbons (Fsp3) is 0. The van der Waals surface area contributed by atoms with Gasteiger partial charge in [0.05, 0.1) is 10.6 Å². The number of hydrogen-bond acceptors (Lipinski definition) is 4. The zero-order valence-electron chi connectivity index (χ0n) is 8.85. The van der Waals surface area contributed by atoms with Crippen LogP contribution in [0.4, 0.5) is 5.69 Å². The Morgan fingerprint density at radius 3 is 2.65 bits per heavy atom. The maximum atomic E-state index is 10.4. The predicted molar refractivity (Wildman–Crippen MR) is 64.1 cm³/mol. The normalized spacial score (nSPS) is 10.6. The third-order valence-corrected chi connectivity index (χ3v) is 2.11. The minimum absolute atomic E-state index is 0.0106. The van der Waals surface area contributed by atoms with Gasteiger partial charge in [-0.3, -0.25) is 15.1 Å². The van der Waals surface area contributed by atoms with Gasteiger partial charge in [-0.05, 0) is 23.8 Å². The molecule has 0 bridgehead atoms. The molecule has 0 aliphatic carbocycles. The van der Waals surface area contributed by atoms with Crippen LogP contribution in [0.1, 0.15) is 11.3 Å². The fourth-order valence-electron chi connectivity index (χ4n) is 1.26. The van der Waals surface area contributed by atoms with Crippen LogP contribution in [0, 0.1) is 10.1 Å². The minimum Gasteiger partial charge on any atom is -0.264 e. The zero-order chi connectivity index (χ0) is 12.1. The highest BCUT2D eigenvalue weighted by Crippen LogP contribution is 2.10. The molecule has 2 aromatic heterocycles. The smallest absolute Gasteiger partial charge is 0.264 e. The van der Waals surface area contributed by atoms with Gasteiger partial charge >= 0.3 is 0 Å². The number of pyridine rings is 2. The highest BCUT2D eigenvalue weighted by Gasteiger charge is 2.03. The summed E-state index contributed by atoms with van der Waals surface area (Å²) in [7, 11) is 0. The van der Waals surface area contributed by atoms with E-state index in [1.807, 2.05) is 18.2 Å². The molecule has 0 atom stereocenters. The molecule has 0 saturated heterocycles. The van der Waals surface area contributed by atoms with Gasteiger partial charge in [0.25, 0.3) is 5.69 Å². The lowest BCUT2D eigenvalue weighted by molar-refractivity contribution is -0.385. The standard InChI is InChI=1S/C12H9N3O2/c16-15(17)12-6-5-11(14-9-12)4-3-10-2-1-7-13-8-10/h1-9H/b4-3+. The molecule has 0 unspecified atom stereocenters. The molecule has 0 fully saturated rings. The summed E-state index contributed by atoms with van der Waals surface area (Å²) in [5.74, 6) is 0. The molecule has 0 saturated carbocycles. The van der Waals surface area contributed by atoms with Crippen LogP contribution in [0.2, 0.25) is 0 Å². The van der Waals surface area contributed by atoms with Gasteiger partial charge in [0, 0.05) is 18.5 Å². The van der Waals surface area contributed by atoms with Crippen LogP contribution >= 0.6 is 0 Å². The van der Waals surface area contributed by atoms with E-state index in [4.69, 9.17) is 0 Å². The SMILES string of the molecule is O=[N+]([O-])c1ccc(/C=C/c2cccnc2)nc1. The Kier molecular flexibility index (Phi) is 3.20. The molecule has 0 N–H and O–H groups in total. The van der Waals surface area contributed by atoms with E-state index >= 15 is 0 Å². The quantitative estimate of drug-likeness (QED) is 0.596. The first kappa shape index (κ1) is 10.9. The molecular weight excluding hydrogens is 218 g/mol. The summed E-state index contributed by atoms with van der Waals surface area (Å²) in [5.41, 5.74) is 1.61. The molecule has 17 heavy (non-hydrogen) atoms. The summed E-state index contributed by atoms with van der Waals surface area (Å²) in [6, 6.07) is 6.78. The van der Waals surface area contributed by atoms with E-state index < -0.39 is 4.92 Å². The van der Waals surface area contributed by atoms with Gasteiger partial charge in [-0.1, -0.05) is 12.1 Å². The maximum absolute atomic E-state index is 10.4. The van der Waals surface area contributed by atoms with Gasteiger partial charge in [-0.15, -0.1) is 0 Å². The van der Waals surface area contributed by atoms with Crippen molar-refractivity contribution in [1.29, 1.82) is 0 Å². The summed E-state index contributed by atoms with van der Waals surface area (Å²) in [5, 5.41) is 10.4. The molecule has 2 heterocycles. The molecule has 0 radical (unpaired) electrons. The van der Waals surface area contributed by atoms with Crippen LogP contribution in [-0.4, -0.2) is 14.9 Å². The Morgan fingerprint density at radius 1 is 1.18 bits per heavy atom. The summed E-state index contributed by atoms with van der Waals surface area (Å²) in [6.45, 7) is 0. The van der Waals surface area contributed by atoms with Gasteiger partial charge in [-0.25, -0.2) is 4.98 Å². The van der Waals surface area contributed by atoms with E-state index in [1.54, 1.807) is 24.5 Å². The topological polar surface area (TPSA) is 68.9 Å². The summed E-state index contributed by atoms with van der Waals surface area (Å²) in [6.07, 6.45) is 8.29. The number of nitrogens with zero attached hydrogens (tertiary/aromatic N) is 3. The van der Waals surface area contributed by atoms with Crippen molar-refractivity contribution in [2.75, 3.05) is 0 Å². The van der Waals surface area contributed by atoms with Crippen LogP contribution in [0.25, 0.3) is 12.2 Å². The van der Waals surface area contributed by atoms with E-state index in [0.717, 1.165) is 5.56 Å². The Labute approximate surface area is 97.6 Å². The molecule has 2 aromatic rings. The highest BCUT2D eigenvalue weighted by atomic mass is 16.6. The fourth-order valence-corrected chi connectivity index (χ4v) is 1.26. The third kappa shape index (κ3) is 2.94. The molecule has 0 amide bonds. The summed E-state index contributed by atoms with van der Waals surface area (Å²) in [4.78, 5) is 17.9. The first-order chi connectivity index (χ1) is 8.25. The van der Waals surface area contributed by atoms with E-state index in [2.05, 4.69) is 9.97 Å². The second-order valence-electron chi connectivity index (χ2n) is 3.32. The molecule has 2 rings (SSSR count). The van der Waals surface area contributed by atoms with Crippen LogP contribution in [0.5, 0.6) is 0 Å². The van der Waals surface area contributed by atoms with Crippen molar-refractivity contribution in [1.82, 2.24) is 9.97 Å². The van der Waals surface area contributed by atoms with Crippen molar-refractivity contribution in [2.24, 2.45) is 0 Å². The molecular formula is C12H9N3O2. The monoisotopic (exact) mass is 227 g/mol. The largest absolute Gasteiger partial charge is 0.287 e. The van der Waals surface area contributed by atoms with Crippen LogP contribution in [0.15, 0.2) is 42.9 Å². The molecule has 0 aromatic carbocycles. The van der Waals surface area contributed by atoms with Crippen LogP contribution in [-0.2, 0) is 0 Å². The third-order valence-electron chi connectivity index (χ3n) is 2.11. The van der Waals surface area contributed by atoms with Crippen molar-refractivity contribution in [3.8, 4) is 0 Å². The number of aromatic nitrogens is 2. The van der Waals surface area contributed by atoms with E-state index in [-0.39, 0.29) is 5.69 Å². The second kappa shape index (κ2) is 4.98. The van der Waals surface area contributed by atoms with E-state index in [9.17, 15) is 10.1 Å². The maximum Gasteiger partial charge on any atom is 0.287 e. The Bertz CT molecular complexity index is 535. The summed E-state index contributed by atoms with van der Waals surface area (Å²) < 4.78 is 0. The molecule has 84 valence electrons. The number of hydrogen-bond donors (Lipinski definition) is 0. The van der Waals surface area contributed by atoms with Gasteiger partial charge < -0.3 is 0 Å². The van der Waals surface area contributed by atoms with Gasteiger partial charge in [0.1, 0.15) is 6.20 Å². The molecule has 5 heteroatoms. The van der Waals surface area contributed by atoms with E-state index in [1.165, 1.54) is 12.3 Å². The predicted octanol–water partition coefficient (Wildman–Crippen LogP) is 2.56. The number of rotatable bonds is 3. The van der Waals surface area contributed by atoms with Gasteiger partial charge in [0.15, 0.2) is 0 Å². The Hall–Kier alpha value is -2.56.